The molecule has 12 heteroatoms. The Bertz CT molecular complexity index is 550. The third kappa shape index (κ3) is 9.17. The quantitative estimate of drug-likeness (QED) is 0.105. The fraction of sp³-hybridized carbons (Fsp3) is 0.667. The lowest BCUT2D eigenvalue weighted by atomic mass is 9.83. The summed E-state index contributed by atoms with van der Waals surface area (Å²) in [6.45, 7) is -1.16. The monoisotopic (exact) mass is 440 g/mol. The molecule has 1 unspecified atom stereocenters. The number of hydrogen-bond acceptors (Lipinski definition) is 10. The van der Waals surface area contributed by atoms with E-state index in [1.807, 2.05) is 0 Å². The third-order valence-corrected chi connectivity index (χ3v) is 4.36. The first-order chi connectivity index (χ1) is 14.0. The van der Waals surface area contributed by atoms with E-state index in [-0.39, 0.29) is 11.1 Å². The molecular formula is C18H32O12. The maximum absolute atomic E-state index is 10.9. The number of carbonyl (C=O) groups is 2. The number of aliphatic carboxylic acids is 2. The zero-order chi connectivity index (χ0) is 24.0. The van der Waals surface area contributed by atoms with Crippen molar-refractivity contribution in [1.29, 1.82) is 0 Å². The Morgan fingerprint density at radius 1 is 0.733 bits per heavy atom. The molecule has 0 saturated heterocycles. The molecule has 0 aliphatic rings. The predicted octanol–water partition coefficient (Wildman–Crippen LogP) is -2.70. The largest absolute Gasteiger partial charge is 0.493 e. The highest BCUT2D eigenvalue weighted by Crippen LogP contribution is 2.26. The molecule has 0 aromatic rings. The van der Waals surface area contributed by atoms with E-state index in [9.17, 15) is 24.9 Å². The van der Waals surface area contributed by atoms with Crippen molar-refractivity contribution in [1.82, 2.24) is 0 Å². The van der Waals surface area contributed by atoms with Crippen LogP contribution >= 0.6 is 0 Å². The second-order valence-electron chi connectivity index (χ2n) is 6.79. The zero-order valence-electron chi connectivity index (χ0n) is 16.9. The highest BCUT2D eigenvalue weighted by Gasteiger charge is 2.38. The van der Waals surface area contributed by atoms with E-state index in [1.165, 1.54) is 13.8 Å². The van der Waals surface area contributed by atoms with Gasteiger partial charge in [-0.2, -0.15) is 0 Å². The van der Waals surface area contributed by atoms with Crippen molar-refractivity contribution in [2.75, 3.05) is 46.2 Å². The van der Waals surface area contributed by atoms with E-state index in [0.29, 0.717) is 0 Å². The Kier molecular flexibility index (Phi) is 14.9. The van der Waals surface area contributed by atoms with Gasteiger partial charge in [-0.05, 0) is 19.9 Å². The van der Waals surface area contributed by atoms with Crippen molar-refractivity contribution < 1.29 is 60.3 Å². The number of carboxylic acids is 2. The fourth-order valence-corrected chi connectivity index (χ4v) is 1.60. The molecule has 9 N–H and O–H groups in total. The molecule has 12 nitrogen and oxygen atoms in total. The predicted molar refractivity (Wildman–Crippen MR) is 102 cm³/mol. The molecule has 0 aliphatic carbocycles. The van der Waals surface area contributed by atoms with E-state index in [4.69, 9.17) is 35.4 Å². The van der Waals surface area contributed by atoms with Crippen LogP contribution < -0.4 is 0 Å². The van der Waals surface area contributed by atoms with Gasteiger partial charge in [0.05, 0.1) is 68.9 Å². The third-order valence-electron chi connectivity index (χ3n) is 4.36. The lowest BCUT2D eigenvalue weighted by molar-refractivity contribution is -0.134. The summed E-state index contributed by atoms with van der Waals surface area (Å²) in [7, 11) is 0. The number of carboxylic acid groups (broad SMARTS) is 2. The van der Waals surface area contributed by atoms with Gasteiger partial charge in [0, 0.05) is 5.57 Å². The molecule has 0 amide bonds. The van der Waals surface area contributed by atoms with Crippen LogP contribution in [0.15, 0.2) is 23.5 Å². The van der Waals surface area contributed by atoms with E-state index < -0.39 is 75.1 Å². The van der Waals surface area contributed by atoms with Crippen LogP contribution in [0.2, 0.25) is 0 Å². The van der Waals surface area contributed by atoms with Crippen molar-refractivity contribution in [2.24, 2.45) is 10.8 Å². The minimum absolute atomic E-state index is 0.138. The minimum atomic E-state index is -1.55. The van der Waals surface area contributed by atoms with E-state index in [2.05, 4.69) is 0 Å². The number of aliphatic hydroxyl groups is 7. The van der Waals surface area contributed by atoms with Gasteiger partial charge in [0.2, 0.25) is 0 Å². The fourth-order valence-electron chi connectivity index (χ4n) is 1.60. The summed E-state index contributed by atoms with van der Waals surface area (Å²) in [4.78, 5) is 21.5. The molecule has 1 atom stereocenters. The Balaban J connectivity index is 0. The first-order valence-electron chi connectivity index (χ1n) is 8.71. The molecule has 0 aromatic heterocycles. The molecule has 0 rings (SSSR count). The maximum Gasteiger partial charge on any atom is 0.334 e. The van der Waals surface area contributed by atoms with Crippen LogP contribution in [0.25, 0.3) is 0 Å². The average Bonchev–Trinajstić information content (AvgIpc) is 2.75. The number of hydrogen-bond donors (Lipinski definition) is 9. The van der Waals surface area contributed by atoms with Crippen LogP contribution in [-0.4, -0.2) is 110 Å². The van der Waals surface area contributed by atoms with E-state index in [0.717, 1.165) is 12.3 Å². The Hall–Kier alpha value is -2.06. The van der Waals surface area contributed by atoms with Crippen molar-refractivity contribution in [3.05, 3.63) is 23.5 Å². The lowest BCUT2D eigenvalue weighted by Crippen LogP contribution is -2.45. The van der Waals surface area contributed by atoms with Crippen LogP contribution in [0.5, 0.6) is 0 Å². The van der Waals surface area contributed by atoms with E-state index >= 15 is 0 Å². The SMILES string of the molecule is CC(=COC(C=C(C)C(=O)O)C(CO)(CO)CO)C(=O)O.OCC(CO)(CO)CO. The molecule has 0 saturated carbocycles. The zero-order valence-corrected chi connectivity index (χ0v) is 16.9. The smallest absolute Gasteiger partial charge is 0.334 e. The number of ether oxygens (including phenoxy) is 1. The van der Waals surface area contributed by atoms with Crippen molar-refractivity contribution in [2.45, 2.75) is 20.0 Å². The first-order valence-corrected chi connectivity index (χ1v) is 8.71. The van der Waals surface area contributed by atoms with Crippen LogP contribution in [-0.2, 0) is 14.3 Å². The lowest BCUT2D eigenvalue weighted by Gasteiger charge is -2.34. The molecule has 176 valence electrons. The van der Waals surface area contributed by atoms with Gasteiger partial charge in [0.25, 0.3) is 0 Å². The normalized spacial score (nSPS) is 13.9. The van der Waals surface area contributed by atoms with E-state index in [1.54, 1.807) is 0 Å². The molecule has 0 bridgehead atoms. The molecule has 0 spiro atoms. The minimum Gasteiger partial charge on any atom is -0.493 e. The summed E-state index contributed by atoms with van der Waals surface area (Å²) in [6, 6.07) is 0. The van der Waals surface area contributed by atoms with Crippen LogP contribution in [0, 0.1) is 10.8 Å². The van der Waals surface area contributed by atoms with Crippen LogP contribution in [0.3, 0.4) is 0 Å². The van der Waals surface area contributed by atoms with Gasteiger partial charge >= 0.3 is 11.9 Å². The maximum atomic E-state index is 10.9. The molecule has 30 heavy (non-hydrogen) atoms. The standard InChI is InChI=1S/C13H20O8.C5H12O4/c1-8(11(17)18)3-10(13(5-14,6-15)7-16)21-4-9(2)12(19)20;6-1-5(2-7,3-8)4-9/h3-4,10,14-16H,5-7H2,1-2H3,(H,17,18)(H,19,20);6-9H,1-4H2. The molecule has 0 radical (unpaired) electrons. The van der Waals surface area contributed by atoms with Gasteiger partial charge in [0.15, 0.2) is 0 Å². The molecule has 0 fully saturated rings. The molecular weight excluding hydrogens is 408 g/mol. The van der Waals surface area contributed by atoms with Gasteiger partial charge in [-0.25, -0.2) is 9.59 Å². The van der Waals surface area contributed by atoms with Crippen molar-refractivity contribution in [3.63, 3.8) is 0 Å². The Labute approximate surface area is 173 Å². The number of aliphatic hydroxyl groups excluding tert-OH is 7. The van der Waals surface area contributed by atoms with Gasteiger partial charge in [-0.15, -0.1) is 0 Å². The number of rotatable bonds is 13. The van der Waals surface area contributed by atoms with Gasteiger partial charge in [0.1, 0.15) is 6.10 Å². The highest BCUT2D eigenvalue weighted by molar-refractivity contribution is 5.86. The summed E-state index contributed by atoms with van der Waals surface area (Å²) in [6.07, 6.45) is 0.744. The average molecular weight is 440 g/mol. The van der Waals surface area contributed by atoms with Crippen LogP contribution in [0.1, 0.15) is 13.8 Å². The summed E-state index contributed by atoms with van der Waals surface area (Å²) in [5.74, 6) is -2.49. The topological polar surface area (TPSA) is 225 Å². The summed E-state index contributed by atoms with van der Waals surface area (Å²) in [5, 5.41) is 79.7. The Morgan fingerprint density at radius 3 is 1.33 bits per heavy atom. The van der Waals surface area contributed by atoms with Gasteiger partial charge in [-0.3, -0.25) is 0 Å². The molecule has 0 aromatic carbocycles. The summed E-state index contributed by atoms with van der Waals surface area (Å²) < 4.78 is 5.16. The van der Waals surface area contributed by atoms with Gasteiger partial charge in [-0.1, -0.05) is 0 Å². The molecule has 0 aliphatic heterocycles. The van der Waals surface area contributed by atoms with Crippen molar-refractivity contribution in [3.8, 4) is 0 Å². The Morgan fingerprint density at radius 2 is 1.10 bits per heavy atom. The second kappa shape index (κ2) is 14.8. The summed E-state index contributed by atoms with van der Waals surface area (Å²) in [5.41, 5.74) is -2.96. The van der Waals surface area contributed by atoms with Crippen LogP contribution in [0.4, 0.5) is 0 Å². The molecule has 0 heterocycles. The highest BCUT2D eigenvalue weighted by atomic mass is 16.5. The van der Waals surface area contributed by atoms with Crippen molar-refractivity contribution >= 4 is 11.9 Å². The summed E-state index contributed by atoms with van der Waals surface area (Å²) >= 11 is 0. The first kappa shape index (κ1) is 30.1. The second-order valence-corrected chi connectivity index (χ2v) is 6.79. The van der Waals surface area contributed by atoms with Gasteiger partial charge < -0.3 is 50.7 Å².